The van der Waals surface area contributed by atoms with Gasteiger partial charge in [0.1, 0.15) is 34.5 Å². The topological polar surface area (TPSA) is 159 Å². The Morgan fingerprint density at radius 2 is 1.36 bits per heavy atom. The molecule has 0 unspecified atom stereocenters. The monoisotopic (exact) mass is 710 g/mol. The first-order valence-electron chi connectivity index (χ1n) is 16.9. The van der Waals surface area contributed by atoms with Gasteiger partial charge in [-0.1, -0.05) is 97.1 Å². The van der Waals surface area contributed by atoms with Gasteiger partial charge in [-0.3, -0.25) is 19.2 Å². The summed E-state index contributed by atoms with van der Waals surface area (Å²) >= 11 is 0. The molecule has 0 radical (unpaired) electrons. The lowest BCUT2D eigenvalue weighted by atomic mass is 9.77. The Labute approximate surface area is 305 Å². The smallest absolute Gasteiger partial charge is 0.268 e. The molecule has 1 heterocycles. The van der Waals surface area contributed by atoms with Crippen molar-refractivity contribution in [3.63, 3.8) is 0 Å². The van der Waals surface area contributed by atoms with E-state index in [1.54, 1.807) is 18.2 Å². The Balaban J connectivity index is 1.33. The average molecular weight is 711 g/mol. The van der Waals surface area contributed by atoms with E-state index < -0.39 is 34.7 Å². The maximum absolute atomic E-state index is 14.2. The molecule has 0 aliphatic rings. The highest BCUT2D eigenvalue weighted by molar-refractivity contribution is 6.02. The molecule has 0 bridgehead atoms. The van der Waals surface area contributed by atoms with Gasteiger partial charge >= 0.3 is 0 Å². The van der Waals surface area contributed by atoms with Gasteiger partial charge in [-0.2, -0.15) is 0 Å². The molecule has 1 aromatic heterocycles. The predicted molar refractivity (Wildman–Crippen MR) is 202 cm³/mol. The number of amides is 3. The van der Waals surface area contributed by atoms with Crippen molar-refractivity contribution in [2.24, 2.45) is 0 Å². The number of aromatic amines is 1. The molecule has 11 nitrogen and oxygen atoms in total. The van der Waals surface area contributed by atoms with E-state index in [0.717, 1.165) is 22.8 Å². The van der Waals surface area contributed by atoms with Crippen LogP contribution in [0.1, 0.15) is 40.0 Å². The maximum atomic E-state index is 14.2. The average Bonchev–Trinajstić information content (AvgIpc) is 3.19. The number of hydrogen-bond acceptors (Lipinski definition) is 7. The van der Waals surface area contributed by atoms with E-state index in [0.29, 0.717) is 11.5 Å². The first kappa shape index (κ1) is 35.9. The highest BCUT2D eigenvalue weighted by Crippen LogP contribution is 2.37. The van der Waals surface area contributed by atoms with Crippen LogP contribution in [0.2, 0.25) is 0 Å². The van der Waals surface area contributed by atoms with Crippen molar-refractivity contribution in [3.8, 4) is 17.2 Å². The molecule has 53 heavy (non-hydrogen) atoms. The summed E-state index contributed by atoms with van der Waals surface area (Å²) in [5.41, 5.74) is 1.04. The molecule has 5 aromatic carbocycles. The zero-order valence-corrected chi connectivity index (χ0v) is 29.1. The molecule has 6 rings (SSSR count). The van der Waals surface area contributed by atoms with Crippen LogP contribution >= 0.6 is 0 Å². The fourth-order valence-electron chi connectivity index (χ4n) is 6.34. The molecule has 0 spiro atoms. The van der Waals surface area contributed by atoms with Crippen LogP contribution in [0.5, 0.6) is 17.2 Å². The number of H-pyrrole nitrogens is 1. The zero-order valence-electron chi connectivity index (χ0n) is 29.1. The number of carbonyl (C=O) groups excluding carboxylic acids is 3. The fraction of sp³-hybridized carbons (Fsp3) is 0.143. The zero-order chi connectivity index (χ0) is 37.4. The second-order valence-electron chi connectivity index (χ2n) is 12.3. The van der Waals surface area contributed by atoms with Gasteiger partial charge in [-0.05, 0) is 47.4 Å². The number of rotatable bonds is 13. The summed E-state index contributed by atoms with van der Waals surface area (Å²) in [6.07, 6.45) is -0.315. The second kappa shape index (κ2) is 16.0. The van der Waals surface area contributed by atoms with E-state index >= 15 is 0 Å². The summed E-state index contributed by atoms with van der Waals surface area (Å²) in [5, 5.41) is 19.3. The van der Waals surface area contributed by atoms with Gasteiger partial charge in [0.25, 0.3) is 5.91 Å². The number of anilines is 1. The minimum atomic E-state index is -1.27. The van der Waals surface area contributed by atoms with E-state index in [1.165, 1.54) is 32.4 Å². The van der Waals surface area contributed by atoms with E-state index in [9.17, 15) is 24.3 Å². The maximum Gasteiger partial charge on any atom is 0.268 e. The Bertz CT molecular complexity index is 2200. The predicted octanol–water partition coefficient (Wildman–Crippen LogP) is 5.88. The van der Waals surface area contributed by atoms with E-state index in [-0.39, 0.29) is 40.9 Å². The lowest BCUT2D eigenvalue weighted by Gasteiger charge is -2.37. The molecular formula is C42H38N4O7. The molecule has 3 amide bonds. The second-order valence-corrected chi connectivity index (χ2v) is 12.3. The Hall–Kier alpha value is -6.88. The van der Waals surface area contributed by atoms with Crippen molar-refractivity contribution in [2.45, 2.75) is 24.4 Å². The summed E-state index contributed by atoms with van der Waals surface area (Å²) in [7, 11) is 2.93. The quantitative estimate of drug-likeness (QED) is 0.0937. The molecular weight excluding hydrogens is 672 g/mol. The van der Waals surface area contributed by atoms with Crippen molar-refractivity contribution in [3.05, 3.63) is 166 Å². The van der Waals surface area contributed by atoms with Crippen molar-refractivity contribution in [1.82, 2.24) is 15.6 Å². The highest BCUT2D eigenvalue weighted by atomic mass is 16.5. The van der Waals surface area contributed by atoms with Gasteiger partial charge in [0.2, 0.25) is 11.8 Å². The molecule has 0 aliphatic carbocycles. The van der Waals surface area contributed by atoms with Crippen molar-refractivity contribution >= 4 is 34.3 Å². The van der Waals surface area contributed by atoms with Gasteiger partial charge in [-0.25, -0.2) is 0 Å². The van der Waals surface area contributed by atoms with Crippen LogP contribution in [-0.4, -0.2) is 48.1 Å². The van der Waals surface area contributed by atoms with Crippen molar-refractivity contribution < 1.29 is 29.0 Å². The summed E-state index contributed by atoms with van der Waals surface area (Å²) in [5.74, 6) is -1.26. The van der Waals surface area contributed by atoms with Crippen LogP contribution in [0.15, 0.2) is 138 Å². The SMILES string of the molecule is COc1ccc(OC)c(NC(=O)[C@H](CCC(=O)NC(c2ccccc2)(c2ccccc2)c2ccccc2)NC(=O)c2cc(=O)c3cccc(O)c3[nH]2)c1. The molecule has 0 saturated heterocycles. The van der Waals surface area contributed by atoms with Gasteiger partial charge in [0.15, 0.2) is 5.43 Å². The van der Waals surface area contributed by atoms with Crippen LogP contribution in [0.25, 0.3) is 10.9 Å². The van der Waals surface area contributed by atoms with Gasteiger partial charge in [-0.15, -0.1) is 0 Å². The van der Waals surface area contributed by atoms with E-state index in [1.807, 2.05) is 91.0 Å². The number of benzene rings is 5. The number of carbonyl (C=O) groups is 3. The Kier molecular flexibility index (Phi) is 10.8. The highest BCUT2D eigenvalue weighted by Gasteiger charge is 2.38. The normalized spacial score (nSPS) is 11.7. The van der Waals surface area contributed by atoms with E-state index in [4.69, 9.17) is 9.47 Å². The third kappa shape index (κ3) is 7.74. The molecule has 0 saturated carbocycles. The number of para-hydroxylation sites is 1. The van der Waals surface area contributed by atoms with Crippen LogP contribution < -0.4 is 30.9 Å². The van der Waals surface area contributed by atoms with Crippen molar-refractivity contribution in [1.29, 1.82) is 0 Å². The Morgan fingerprint density at radius 1 is 0.755 bits per heavy atom. The molecule has 11 heteroatoms. The summed E-state index contributed by atoms with van der Waals surface area (Å²) in [4.78, 5) is 57.5. The number of pyridine rings is 1. The summed E-state index contributed by atoms with van der Waals surface area (Å²) in [6.45, 7) is 0. The van der Waals surface area contributed by atoms with Crippen LogP contribution in [0, 0.1) is 0 Å². The van der Waals surface area contributed by atoms with Crippen LogP contribution in [-0.2, 0) is 15.1 Å². The molecule has 0 fully saturated rings. The minimum absolute atomic E-state index is 0.0747. The molecule has 5 N–H and O–H groups in total. The number of aromatic hydroxyl groups is 1. The minimum Gasteiger partial charge on any atom is -0.506 e. The molecule has 6 aromatic rings. The molecule has 0 aliphatic heterocycles. The third-order valence-corrected chi connectivity index (χ3v) is 8.98. The van der Waals surface area contributed by atoms with Crippen molar-refractivity contribution in [2.75, 3.05) is 19.5 Å². The van der Waals surface area contributed by atoms with Crippen LogP contribution in [0.3, 0.4) is 0 Å². The Morgan fingerprint density at radius 3 is 1.92 bits per heavy atom. The lowest BCUT2D eigenvalue weighted by Crippen LogP contribution is -2.49. The first-order chi connectivity index (χ1) is 25.7. The van der Waals surface area contributed by atoms with Crippen LogP contribution in [0.4, 0.5) is 5.69 Å². The number of phenols is 1. The standard InChI is InChI=1S/C42H38N4O7/c1-52-30-21-23-37(53-2)33(25-30)45-40(50)32(44-41(51)34-26-36(48)31-19-12-20-35(47)39(31)43-34)22-24-38(49)46-42(27-13-6-3-7-14-27,28-15-8-4-9-16-28)29-17-10-5-11-18-29/h3-21,23,25-26,32,47H,22,24H2,1-2H3,(H,43,48)(H,44,51)(H,45,50)(H,46,49)/t32-/m0/s1. The molecule has 268 valence electrons. The fourth-order valence-corrected chi connectivity index (χ4v) is 6.34. The van der Waals surface area contributed by atoms with Gasteiger partial charge < -0.3 is 35.5 Å². The van der Waals surface area contributed by atoms with Gasteiger partial charge in [0, 0.05) is 23.9 Å². The third-order valence-electron chi connectivity index (χ3n) is 8.98. The number of nitrogens with one attached hydrogen (secondary N) is 4. The number of fused-ring (bicyclic) bond motifs is 1. The molecule has 1 atom stereocenters. The first-order valence-corrected chi connectivity index (χ1v) is 16.9. The number of ether oxygens (including phenoxy) is 2. The number of phenolic OH excluding ortho intramolecular Hbond substituents is 1. The van der Waals surface area contributed by atoms with Gasteiger partial charge in [0.05, 0.1) is 25.4 Å². The number of aromatic nitrogens is 1. The number of hydrogen-bond donors (Lipinski definition) is 5. The summed E-state index contributed by atoms with van der Waals surface area (Å²) in [6, 6.07) is 37.9. The van der Waals surface area contributed by atoms with E-state index in [2.05, 4.69) is 20.9 Å². The summed E-state index contributed by atoms with van der Waals surface area (Å²) < 4.78 is 10.8. The largest absolute Gasteiger partial charge is 0.506 e. The number of methoxy groups -OCH3 is 2. The lowest BCUT2D eigenvalue weighted by molar-refractivity contribution is -0.123.